The first-order valence-electron chi connectivity index (χ1n) is 4.24. The molecular formula is C8H18F2N2. The van der Waals surface area contributed by atoms with Crippen LogP contribution in [0.2, 0.25) is 0 Å². The molecular weight excluding hydrogens is 162 g/mol. The van der Waals surface area contributed by atoms with Crippen LogP contribution >= 0.6 is 0 Å². The second-order valence-corrected chi connectivity index (χ2v) is 3.08. The van der Waals surface area contributed by atoms with Gasteiger partial charge in [-0.1, -0.05) is 0 Å². The molecule has 0 amide bonds. The molecule has 0 radical (unpaired) electrons. The molecule has 12 heavy (non-hydrogen) atoms. The Balaban J connectivity index is 3.70. The predicted molar refractivity (Wildman–Crippen MR) is 46.6 cm³/mol. The Morgan fingerprint density at radius 1 is 1.33 bits per heavy atom. The standard InChI is InChI=1S/C8H18F2N2/c1-7(2)12(5-4-11-3)6-8(9)10/h7-8,11H,4-6H2,1-3H3. The monoisotopic (exact) mass is 180 g/mol. The molecule has 0 saturated carbocycles. The zero-order valence-corrected chi connectivity index (χ0v) is 7.98. The average molecular weight is 180 g/mol. The molecule has 0 unspecified atom stereocenters. The third-order valence-electron chi connectivity index (χ3n) is 1.75. The summed E-state index contributed by atoms with van der Waals surface area (Å²) in [6, 6.07) is 0.187. The lowest BCUT2D eigenvalue weighted by molar-refractivity contribution is 0.0740. The van der Waals surface area contributed by atoms with Crippen molar-refractivity contribution in [3.8, 4) is 0 Å². The molecule has 4 heteroatoms. The average Bonchev–Trinajstić information content (AvgIpc) is 1.96. The Bertz CT molecular complexity index is 107. The molecule has 0 aromatic heterocycles. The van der Waals surface area contributed by atoms with Gasteiger partial charge in [0.15, 0.2) is 0 Å². The minimum absolute atomic E-state index is 0.126. The topological polar surface area (TPSA) is 15.3 Å². The highest BCUT2D eigenvalue weighted by atomic mass is 19.3. The Hall–Kier alpha value is -0.220. The lowest BCUT2D eigenvalue weighted by atomic mass is 10.3. The van der Waals surface area contributed by atoms with E-state index in [2.05, 4.69) is 5.32 Å². The Kier molecular flexibility index (Phi) is 6.20. The zero-order valence-electron chi connectivity index (χ0n) is 7.98. The van der Waals surface area contributed by atoms with E-state index in [4.69, 9.17) is 0 Å². The molecule has 0 atom stereocenters. The lowest BCUT2D eigenvalue weighted by Crippen LogP contribution is -2.39. The molecule has 0 rings (SSSR count). The van der Waals surface area contributed by atoms with Crippen LogP contribution in [-0.2, 0) is 0 Å². The molecule has 0 aliphatic heterocycles. The van der Waals surface area contributed by atoms with E-state index in [1.54, 1.807) is 4.90 Å². The van der Waals surface area contributed by atoms with Crippen LogP contribution in [0.25, 0.3) is 0 Å². The number of halogens is 2. The van der Waals surface area contributed by atoms with Gasteiger partial charge in [-0.05, 0) is 20.9 Å². The van der Waals surface area contributed by atoms with Gasteiger partial charge in [-0.25, -0.2) is 8.78 Å². The van der Waals surface area contributed by atoms with Gasteiger partial charge in [-0.2, -0.15) is 0 Å². The number of nitrogens with one attached hydrogen (secondary N) is 1. The largest absolute Gasteiger partial charge is 0.318 e. The van der Waals surface area contributed by atoms with Crippen LogP contribution in [0.3, 0.4) is 0 Å². The summed E-state index contributed by atoms with van der Waals surface area (Å²) in [7, 11) is 1.82. The summed E-state index contributed by atoms with van der Waals surface area (Å²) in [6.07, 6.45) is -2.23. The molecule has 0 aliphatic rings. The van der Waals surface area contributed by atoms with Gasteiger partial charge in [-0.15, -0.1) is 0 Å². The van der Waals surface area contributed by atoms with Gasteiger partial charge in [0.1, 0.15) is 0 Å². The van der Waals surface area contributed by atoms with Crippen molar-refractivity contribution in [3.05, 3.63) is 0 Å². The first kappa shape index (κ1) is 11.8. The van der Waals surface area contributed by atoms with Crippen LogP contribution in [0.1, 0.15) is 13.8 Å². The van der Waals surface area contributed by atoms with E-state index < -0.39 is 6.43 Å². The molecule has 1 N–H and O–H groups in total. The van der Waals surface area contributed by atoms with Gasteiger partial charge in [0.2, 0.25) is 0 Å². The molecule has 0 aliphatic carbocycles. The fourth-order valence-electron chi connectivity index (χ4n) is 0.993. The summed E-state index contributed by atoms with van der Waals surface area (Å²) >= 11 is 0. The van der Waals surface area contributed by atoms with Crippen LogP contribution < -0.4 is 5.32 Å². The fourth-order valence-corrected chi connectivity index (χ4v) is 0.993. The molecule has 0 heterocycles. The van der Waals surface area contributed by atoms with Crippen molar-refractivity contribution < 1.29 is 8.78 Å². The van der Waals surface area contributed by atoms with Gasteiger partial charge in [0, 0.05) is 19.1 Å². The Labute approximate surface area is 72.9 Å². The van der Waals surface area contributed by atoms with Gasteiger partial charge < -0.3 is 5.32 Å². The SMILES string of the molecule is CNCCN(CC(F)F)C(C)C. The summed E-state index contributed by atoms with van der Waals surface area (Å²) in [4.78, 5) is 1.77. The summed E-state index contributed by atoms with van der Waals surface area (Å²) in [5.74, 6) is 0. The fraction of sp³-hybridized carbons (Fsp3) is 1.00. The van der Waals surface area contributed by atoms with Gasteiger partial charge in [-0.3, -0.25) is 4.90 Å². The van der Waals surface area contributed by atoms with E-state index >= 15 is 0 Å². The molecule has 0 aromatic carbocycles. The van der Waals surface area contributed by atoms with Crippen molar-refractivity contribution >= 4 is 0 Å². The van der Waals surface area contributed by atoms with E-state index in [9.17, 15) is 8.78 Å². The smallest absolute Gasteiger partial charge is 0.251 e. The van der Waals surface area contributed by atoms with Crippen molar-refractivity contribution in [3.63, 3.8) is 0 Å². The van der Waals surface area contributed by atoms with Crippen molar-refractivity contribution in [2.24, 2.45) is 0 Å². The normalized spacial score (nSPS) is 12.0. The van der Waals surface area contributed by atoms with E-state index in [0.717, 1.165) is 6.54 Å². The van der Waals surface area contributed by atoms with E-state index in [1.807, 2.05) is 20.9 Å². The summed E-state index contributed by atoms with van der Waals surface area (Å²) in [5.41, 5.74) is 0. The van der Waals surface area contributed by atoms with Crippen molar-refractivity contribution in [2.45, 2.75) is 26.3 Å². The number of likely N-dealkylation sites (N-methyl/N-ethyl adjacent to an activating group) is 1. The first-order chi connectivity index (χ1) is 5.57. The summed E-state index contributed by atoms with van der Waals surface area (Å²) in [5, 5.41) is 2.94. The van der Waals surface area contributed by atoms with Crippen LogP contribution in [0, 0.1) is 0 Å². The minimum atomic E-state index is -2.23. The zero-order chi connectivity index (χ0) is 9.56. The molecule has 0 aromatic rings. The second-order valence-electron chi connectivity index (χ2n) is 3.08. The molecule has 2 nitrogen and oxygen atoms in total. The maximum absolute atomic E-state index is 12.0. The maximum Gasteiger partial charge on any atom is 0.251 e. The number of rotatable bonds is 6. The molecule has 74 valence electrons. The highest BCUT2D eigenvalue weighted by Gasteiger charge is 2.13. The van der Waals surface area contributed by atoms with Gasteiger partial charge in [0.05, 0.1) is 6.54 Å². The van der Waals surface area contributed by atoms with Gasteiger partial charge in [0.25, 0.3) is 6.43 Å². The lowest BCUT2D eigenvalue weighted by Gasteiger charge is -2.25. The molecule has 0 spiro atoms. The quantitative estimate of drug-likeness (QED) is 0.660. The van der Waals surface area contributed by atoms with Crippen molar-refractivity contribution in [1.29, 1.82) is 0 Å². The van der Waals surface area contributed by atoms with E-state index in [0.29, 0.717) is 6.54 Å². The summed E-state index contributed by atoms with van der Waals surface area (Å²) < 4.78 is 24.0. The van der Waals surface area contributed by atoms with E-state index in [1.165, 1.54) is 0 Å². The third-order valence-corrected chi connectivity index (χ3v) is 1.75. The predicted octanol–water partition coefficient (Wildman–Crippen LogP) is 1.18. The Morgan fingerprint density at radius 3 is 2.25 bits per heavy atom. The molecule has 0 saturated heterocycles. The first-order valence-corrected chi connectivity index (χ1v) is 4.24. The maximum atomic E-state index is 12.0. The molecule has 0 bridgehead atoms. The van der Waals surface area contributed by atoms with Crippen molar-refractivity contribution in [2.75, 3.05) is 26.7 Å². The number of hydrogen-bond donors (Lipinski definition) is 1. The highest BCUT2D eigenvalue weighted by Crippen LogP contribution is 2.02. The summed E-state index contributed by atoms with van der Waals surface area (Å²) in [6.45, 7) is 5.17. The second kappa shape index (κ2) is 6.31. The third kappa shape index (κ3) is 5.43. The van der Waals surface area contributed by atoms with Crippen LogP contribution in [0.15, 0.2) is 0 Å². The van der Waals surface area contributed by atoms with Crippen LogP contribution in [0.5, 0.6) is 0 Å². The number of nitrogens with zero attached hydrogens (tertiary/aromatic N) is 1. The minimum Gasteiger partial charge on any atom is -0.318 e. The number of hydrogen-bond acceptors (Lipinski definition) is 2. The van der Waals surface area contributed by atoms with Crippen LogP contribution in [-0.4, -0.2) is 44.0 Å². The Morgan fingerprint density at radius 2 is 1.92 bits per heavy atom. The number of alkyl halides is 2. The van der Waals surface area contributed by atoms with E-state index in [-0.39, 0.29) is 12.6 Å². The molecule has 0 fully saturated rings. The van der Waals surface area contributed by atoms with Crippen molar-refractivity contribution in [1.82, 2.24) is 10.2 Å². The van der Waals surface area contributed by atoms with Crippen LogP contribution in [0.4, 0.5) is 8.78 Å². The highest BCUT2D eigenvalue weighted by molar-refractivity contribution is 4.64. The van der Waals surface area contributed by atoms with Gasteiger partial charge >= 0.3 is 0 Å².